The third-order valence-electron chi connectivity index (χ3n) is 3.68. The highest BCUT2D eigenvalue weighted by atomic mass is 19.1. The van der Waals surface area contributed by atoms with Crippen molar-refractivity contribution < 1.29 is 4.39 Å². The van der Waals surface area contributed by atoms with Gasteiger partial charge in [-0.1, -0.05) is 0 Å². The fourth-order valence-corrected chi connectivity index (χ4v) is 2.48. The smallest absolute Gasteiger partial charge is 0.215 e. The van der Waals surface area contributed by atoms with E-state index in [0.717, 1.165) is 27.9 Å². The van der Waals surface area contributed by atoms with Gasteiger partial charge in [-0.3, -0.25) is 4.98 Å². The summed E-state index contributed by atoms with van der Waals surface area (Å²) in [5.74, 6) is -0.461. The number of pyridine rings is 2. The first-order valence-electron chi connectivity index (χ1n) is 7.09. The van der Waals surface area contributed by atoms with Crippen LogP contribution in [0.25, 0.3) is 33.5 Å². The number of nitrogens with one attached hydrogen (secondary N) is 1. The van der Waals surface area contributed by atoms with Gasteiger partial charge in [0, 0.05) is 47.0 Å². The molecule has 0 unspecified atom stereocenters. The van der Waals surface area contributed by atoms with E-state index in [1.165, 1.54) is 6.20 Å². The van der Waals surface area contributed by atoms with Crippen LogP contribution in [-0.2, 0) is 0 Å². The molecule has 4 rings (SSSR count). The van der Waals surface area contributed by atoms with Gasteiger partial charge in [-0.15, -0.1) is 0 Å². The zero-order valence-corrected chi connectivity index (χ0v) is 12.3. The van der Waals surface area contributed by atoms with Gasteiger partial charge in [-0.05, 0) is 25.1 Å². The summed E-state index contributed by atoms with van der Waals surface area (Å²) in [5.41, 5.74) is 5.25. The Balaban J connectivity index is 1.89. The zero-order chi connectivity index (χ0) is 15.8. The van der Waals surface area contributed by atoms with E-state index in [1.54, 1.807) is 31.6 Å². The molecule has 0 fully saturated rings. The van der Waals surface area contributed by atoms with E-state index in [2.05, 4.69) is 19.9 Å². The normalized spacial score (nSPS) is 11.0. The number of halogens is 1. The van der Waals surface area contributed by atoms with Crippen LogP contribution in [0.3, 0.4) is 0 Å². The standard InChI is InChI=1S/C17H12FN5/c1-10-6-12(7-20-16(10)18)13-8-21-17-15(13)23-14(9-22-17)11-2-4-19-5-3-11/h2-9H,1H3,(H,21,22). The number of fused-ring (bicyclic) bond motifs is 1. The van der Waals surface area contributed by atoms with Crippen LogP contribution in [0.1, 0.15) is 5.56 Å². The summed E-state index contributed by atoms with van der Waals surface area (Å²) in [5, 5.41) is 0. The average Bonchev–Trinajstić information content (AvgIpc) is 3.01. The number of H-pyrrole nitrogens is 1. The Morgan fingerprint density at radius 3 is 2.65 bits per heavy atom. The van der Waals surface area contributed by atoms with Crippen molar-refractivity contribution in [2.24, 2.45) is 0 Å². The highest BCUT2D eigenvalue weighted by Crippen LogP contribution is 2.28. The summed E-state index contributed by atoms with van der Waals surface area (Å²) in [6.07, 6.45) is 8.46. The van der Waals surface area contributed by atoms with Gasteiger partial charge in [0.05, 0.1) is 11.9 Å². The van der Waals surface area contributed by atoms with Crippen LogP contribution in [0.2, 0.25) is 0 Å². The molecular formula is C17H12FN5. The van der Waals surface area contributed by atoms with Gasteiger partial charge in [-0.2, -0.15) is 4.39 Å². The Hall–Kier alpha value is -3.15. The quantitative estimate of drug-likeness (QED) is 0.575. The van der Waals surface area contributed by atoms with Crippen molar-refractivity contribution in [2.75, 3.05) is 0 Å². The van der Waals surface area contributed by atoms with Crippen LogP contribution in [0.4, 0.5) is 4.39 Å². The summed E-state index contributed by atoms with van der Waals surface area (Å²) in [7, 11) is 0. The van der Waals surface area contributed by atoms with Crippen molar-refractivity contribution in [1.29, 1.82) is 0 Å². The molecule has 0 aliphatic rings. The summed E-state index contributed by atoms with van der Waals surface area (Å²) in [4.78, 5) is 20.0. The van der Waals surface area contributed by atoms with Crippen LogP contribution in [-0.4, -0.2) is 24.9 Å². The molecule has 4 aromatic rings. The molecule has 0 aliphatic heterocycles. The molecule has 4 aromatic heterocycles. The number of rotatable bonds is 2. The third kappa shape index (κ3) is 2.34. The molecule has 0 amide bonds. The Morgan fingerprint density at radius 2 is 1.87 bits per heavy atom. The maximum Gasteiger partial charge on any atom is 0.215 e. The largest absolute Gasteiger partial charge is 0.344 e. The maximum atomic E-state index is 13.4. The molecule has 4 heterocycles. The van der Waals surface area contributed by atoms with Gasteiger partial charge in [0.15, 0.2) is 5.65 Å². The van der Waals surface area contributed by atoms with Gasteiger partial charge >= 0.3 is 0 Å². The molecule has 0 saturated carbocycles. The second kappa shape index (κ2) is 5.24. The Morgan fingerprint density at radius 1 is 1.04 bits per heavy atom. The molecule has 0 aromatic carbocycles. The van der Waals surface area contributed by atoms with E-state index in [9.17, 15) is 4.39 Å². The lowest BCUT2D eigenvalue weighted by Gasteiger charge is -2.03. The molecule has 0 aliphatic carbocycles. The fourth-order valence-electron chi connectivity index (χ4n) is 2.48. The van der Waals surface area contributed by atoms with Gasteiger partial charge < -0.3 is 4.98 Å². The van der Waals surface area contributed by atoms with E-state index < -0.39 is 5.95 Å². The van der Waals surface area contributed by atoms with Crippen molar-refractivity contribution in [2.45, 2.75) is 6.92 Å². The molecular weight excluding hydrogens is 293 g/mol. The van der Waals surface area contributed by atoms with Crippen LogP contribution in [0, 0.1) is 12.9 Å². The monoisotopic (exact) mass is 305 g/mol. The second-order valence-corrected chi connectivity index (χ2v) is 5.22. The number of hydrogen-bond donors (Lipinski definition) is 1. The second-order valence-electron chi connectivity index (χ2n) is 5.22. The lowest BCUT2D eigenvalue weighted by molar-refractivity contribution is 0.575. The number of aryl methyl sites for hydroxylation is 1. The molecule has 0 saturated heterocycles. The SMILES string of the molecule is Cc1cc(-c2c[nH]c3ncc(-c4ccncc4)nc23)cnc1F. The van der Waals surface area contributed by atoms with Crippen molar-refractivity contribution in [1.82, 2.24) is 24.9 Å². The van der Waals surface area contributed by atoms with Crippen LogP contribution in [0.15, 0.2) is 49.2 Å². The molecule has 23 heavy (non-hydrogen) atoms. The van der Waals surface area contributed by atoms with E-state index in [1.807, 2.05) is 18.3 Å². The van der Waals surface area contributed by atoms with Crippen molar-refractivity contribution in [3.05, 3.63) is 60.7 Å². The molecule has 0 spiro atoms. The minimum absolute atomic E-state index is 0.461. The summed E-state index contributed by atoms with van der Waals surface area (Å²) >= 11 is 0. The molecule has 0 atom stereocenters. The lowest BCUT2D eigenvalue weighted by Crippen LogP contribution is -1.91. The summed E-state index contributed by atoms with van der Waals surface area (Å²) < 4.78 is 13.4. The first kappa shape index (κ1) is 13.5. The first-order chi connectivity index (χ1) is 11.2. The van der Waals surface area contributed by atoms with E-state index in [0.29, 0.717) is 11.2 Å². The van der Waals surface area contributed by atoms with E-state index in [-0.39, 0.29) is 0 Å². The van der Waals surface area contributed by atoms with Crippen molar-refractivity contribution in [3.8, 4) is 22.4 Å². The number of aromatic nitrogens is 5. The number of aromatic amines is 1. The molecule has 0 bridgehead atoms. The van der Waals surface area contributed by atoms with Crippen LogP contribution in [0.5, 0.6) is 0 Å². The lowest BCUT2D eigenvalue weighted by atomic mass is 10.1. The number of hydrogen-bond acceptors (Lipinski definition) is 4. The number of nitrogens with zero attached hydrogens (tertiary/aromatic N) is 4. The van der Waals surface area contributed by atoms with Gasteiger partial charge in [0.1, 0.15) is 5.52 Å². The minimum atomic E-state index is -0.461. The first-order valence-corrected chi connectivity index (χ1v) is 7.09. The Kier molecular flexibility index (Phi) is 3.08. The van der Waals surface area contributed by atoms with Gasteiger partial charge in [0.2, 0.25) is 5.95 Å². The van der Waals surface area contributed by atoms with Crippen molar-refractivity contribution in [3.63, 3.8) is 0 Å². The van der Waals surface area contributed by atoms with Gasteiger partial charge in [-0.25, -0.2) is 15.0 Å². The highest BCUT2D eigenvalue weighted by Gasteiger charge is 2.12. The third-order valence-corrected chi connectivity index (χ3v) is 3.68. The Bertz CT molecular complexity index is 994. The molecule has 0 radical (unpaired) electrons. The van der Waals surface area contributed by atoms with E-state index >= 15 is 0 Å². The zero-order valence-electron chi connectivity index (χ0n) is 12.3. The molecule has 112 valence electrons. The predicted octanol–water partition coefficient (Wildman–Crippen LogP) is 3.53. The predicted molar refractivity (Wildman–Crippen MR) is 85.0 cm³/mol. The van der Waals surface area contributed by atoms with Crippen LogP contribution < -0.4 is 0 Å². The molecule has 5 nitrogen and oxygen atoms in total. The maximum absolute atomic E-state index is 13.4. The molecule has 1 N–H and O–H groups in total. The summed E-state index contributed by atoms with van der Waals surface area (Å²) in [6, 6.07) is 5.52. The molecule has 6 heteroatoms. The topological polar surface area (TPSA) is 67.3 Å². The van der Waals surface area contributed by atoms with Crippen molar-refractivity contribution >= 4 is 11.2 Å². The van der Waals surface area contributed by atoms with E-state index in [4.69, 9.17) is 4.98 Å². The van der Waals surface area contributed by atoms with Crippen LogP contribution >= 0.6 is 0 Å². The average molecular weight is 305 g/mol. The fraction of sp³-hybridized carbons (Fsp3) is 0.0588. The minimum Gasteiger partial charge on any atom is -0.344 e. The highest BCUT2D eigenvalue weighted by molar-refractivity contribution is 5.91. The van der Waals surface area contributed by atoms with Gasteiger partial charge in [0.25, 0.3) is 0 Å². The Labute approximate surface area is 131 Å². The summed E-state index contributed by atoms with van der Waals surface area (Å²) in [6.45, 7) is 1.69.